The van der Waals surface area contributed by atoms with Gasteiger partial charge < -0.3 is 5.11 Å². The third-order valence-corrected chi connectivity index (χ3v) is 1.94. The number of aromatic carboxylic acids is 1. The van der Waals surface area contributed by atoms with Gasteiger partial charge in [0.15, 0.2) is 0 Å². The molecular formula is C9H8N4O2. The zero-order valence-corrected chi connectivity index (χ0v) is 7.95. The molecule has 0 aliphatic carbocycles. The number of tetrazole rings is 1. The van der Waals surface area contributed by atoms with Gasteiger partial charge in [0.25, 0.3) is 5.82 Å². The van der Waals surface area contributed by atoms with Crippen molar-refractivity contribution >= 4 is 5.97 Å². The normalized spacial score (nSPS) is 10.2. The van der Waals surface area contributed by atoms with Gasteiger partial charge in [0.1, 0.15) is 0 Å². The monoisotopic (exact) mass is 204 g/mol. The maximum Gasteiger partial charge on any atom is 0.377 e. The van der Waals surface area contributed by atoms with E-state index in [1.165, 1.54) is 4.80 Å². The van der Waals surface area contributed by atoms with Gasteiger partial charge in [0.2, 0.25) is 0 Å². The summed E-state index contributed by atoms with van der Waals surface area (Å²) in [4.78, 5) is 11.8. The lowest BCUT2D eigenvalue weighted by Crippen LogP contribution is -2.03. The average Bonchev–Trinajstić information content (AvgIpc) is 2.67. The van der Waals surface area contributed by atoms with Crippen LogP contribution in [0.1, 0.15) is 16.2 Å². The maximum absolute atomic E-state index is 10.6. The third-order valence-electron chi connectivity index (χ3n) is 1.94. The fraction of sp³-hybridized carbons (Fsp3) is 0.111. The van der Waals surface area contributed by atoms with Crippen molar-refractivity contribution in [3.63, 3.8) is 0 Å². The smallest absolute Gasteiger partial charge is 0.377 e. The van der Waals surface area contributed by atoms with Crippen molar-refractivity contribution in [2.24, 2.45) is 0 Å². The van der Waals surface area contributed by atoms with Crippen molar-refractivity contribution in [2.45, 2.75) is 6.92 Å². The molecule has 0 saturated carbocycles. The fourth-order valence-electron chi connectivity index (χ4n) is 1.19. The molecule has 6 heteroatoms. The van der Waals surface area contributed by atoms with E-state index in [1.807, 2.05) is 25.1 Å². The molecule has 15 heavy (non-hydrogen) atoms. The van der Waals surface area contributed by atoms with E-state index in [0.29, 0.717) is 0 Å². The highest BCUT2D eigenvalue weighted by Gasteiger charge is 2.11. The molecule has 1 N–H and O–H groups in total. The maximum atomic E-state index is 10.6. The van der Waals surface area contributed by atoms with E-state index in [0.717, 1.165) is 11.3 Å². The van der Waals surface area contributed by atoms with Crippen LogP contribution in [0.2, 0.25) is 0 Å². The largest absolute Gasteiger partial charge is 0.475 e. The number of rotatable bonds is 2. The molecule has 0 fully saturated rings. The number of carbonyl (C=O) groups is 1. The Balaban J connectivity index is 2.46. The summed E-state index contributed by atoms with van der Waals surface area (Å²) in [5.74, 6) is -1.49. The molecule has 0 spiro atoms. The lowest BCUT2D eigenvalue weighted by molar-refractivity contribution is 0.0683. The minimum absolute atomic E-state index is 0.307. The van der Waals surface area contributed by atoms with Crippen LogP contribution >= 0.6 is 0 Å². The van der Waals surface area contributed by atoms with Crippen molar-refractivity contribution in [1.82, 2.24) is 20.2 Å². The predicted octanol–water partition coefficient (Wildman–Crippen LogP) is 0.669. The van der Waals surface area contributed by atoms with Crippen molar-refractivity contribution < 1.29 is 9.90 Å². The lowest BCUT2D eigenvalue weighted by Gasteiger charge is -2.00. The van der Waals surface area contributed by atoms with Crippen LogP contribution in [-0.2, 0) is 0 Å². The minimum atomic E-state index is -1.19. The zero-order chi connectivity index (χ0) is 10.8. The second-order valence-electron chi connectivity index (χ2n) is 2.99. The van der Waals surface area contributed by atoms with E-state index in [2.05, 4.69) is 15.4 Å². The molecule has 2 aromatic rings. The Morgan fingerprint density at radius 3 is 2.73 bits per heavy atom. The number of para-hydroxylation sites is 1. The van der Waals surface area contributed by atoms with Gasteiger partial charge in [0, 0.05) is 0 Å². The Morgan fingerprint density at radius 2 is 2.13 bits per heavy atom. The number of carboxylic acid groups (broad SMARTS) is 1. The van der Waals surface area contributed by atoms with Gasteiger partial charge in [-0.1, -0.05) is 18.2 Å². The summed E-state index contributed by atoms with van der Waals surface area (Å²) in [6, 6.07) is 7.39. The highest BCUT2D eigenvalue weighted by Crippen LogP contribution is 2.09. The summed E-state index contributed by atoms with van der Waals surface area (Å²) in [6.45, 7) is 1.89. The molecule has 6 nitrogen and oxygen atoms in total. The van der Waals surface area contributed by atoms with Gasteiger partial charge >= 0.3 is 5.97 Å². The van der Waals surface area contributed by atoms with E-state index < -0.39 is 5.97 Å². The fourth-order valence-corrected chi connectivity index (χ4v) is 1.19. The molecule has 0 aliphatic rings. The van der Waals surface area contributed by atoms with Crippen LogP contribution in [0.4, 0.5) is 0 Å². The predicted molar refractivity (Wildman–Crippen MR) is 50.9 cm³/mol. The van der Waals surface area contributed by atoms with Gasteiger partial charge in [-0.15, -0.1) is 15.0 Å². The Hall–Kier alpha value is -2.24. The molecule has 1 heterocycles. The van der Waals surface area contributed by atoms with Gasteiger partial charge in [-0.05, 0) is 23.8 Å². The number of aromatic nitrogens is 4. The SMILES string of the molecule is Cc1ccccc1-n1nnc(C(=O)O)n1. The molecule has 0 saturated heterocycles. The molecule has 0 aliphatic heterocycles. The highest BCUT2D eigenvalue weighted by molar-refractivity contribution is 5.82. The number of benzene rings is 1. The van der Waals surface area contributed by atoms with Crippen molar-refractivity contribution in [2.75, 3.05) is 0 Å². The lowest BCUT2D eigenvalue weighted by atomic mass is 10.2. The summed E-state index contributed by atoms with van der Waals surface area (Å²) in [7, 11) is 0. The van der Waals surface area contributed by atoms with E-state index in [4.69, 9.17) is 5.11 Å². The Kier molecular flexibility index (Phi) is 2.17. The quantitative estimate of drug-likeness (QED) is 0.777. The molecule has 0 bridgehead atoms. The number of hydrogen-bond donors (Lipinski definition) is 1. The van der Waals surface area contributed by atoms with Crippen LogP contribution in [0.3, 0.4) is 0 Å². The molecule has 0 radical (unpaired) electrons. The number of nitrogens with zero attached hydrogens (tertiary/aromatic N) is 4. The van der Waals surface area contributed by atoms with Crippen LogP contribution < -0.4 is 0 Å². The molecular weight excluding hydrogens is 196 g/mol. The van der Waals surface area contributed by atoms with Gasteiger partial charge in [0.05, 0.1) is 5.69 Å². The topological polar surface area (TPSA) is 80.9 Å². The number of carboxylic acids is 1. The van der Waals surface area contributed by atoms with Crippen LogP contribution in [0.25, 0.3) is 5.69 Å². The van der Waals surface area contributed by atoms with E-state index >= 15 is 0 Å². The van der Waals surface area contributed by atoms with Crippen molar-refractivity contribution in [3.8, 4) is 5.69 Å². The van der Waals surface area contributed by atoms with Crippen LogP contribution in [0, 0.1) is 6.92 Å². The third kappa shape index (κ3) is 1.69. The number of hydrogen-bond acceptors (Lipinski definition) is 4. The molecule has 1 aromatic heterocycles. The minimum Gasteiger partial charge on any atom is -0.475 e. The summed E-state index contributed by atoms with van der Waals surface area (Å²) in [5.41, 5.74) is 1.67. The molecule has 76 valence electrons. The van der Waals surface area contributed by atoms with Gasteiger partial charge in [-0.3, -0.25) is 0 Å². The Morgan fingerprint density at radius 1 is 1.40 bits per heavy atom. The Bertz CT molecular complexity index is 506. The first-order valence-electron chi connectivity index (χ1n) is 4.28. The van der Waals surface area contributed by atoms with Crippen molar-refractivity contribution in [3.05, 3.63) is 35.7 Å². The van der Waals surface area contributed by atoms with E-state index in [-0.39, 0.29) is 5.82 Å². The average molecular weight is 204 g/mol. The summed E-state index contributed by atoms with van der Waals surface area (Å²) in [5, 5.41) is 19.5. The van der Waals surface area contributed by atoms with Crippen LogP contribution in [0.5, 0.6) is 0 Å². The van der Waals surface area contributed by atoms with Gasteiger partial charge in [-0.2, -0.15) is 0 Å². The Labute approximate surface area is 85.2 Å². The van der Waals surface area contributed by atoms with Gasteiger partial charge in [-0.25, -0.2) is 4.79 Å². The second-order valence-corrected chi connectivity index (χ2v) is 2.99. The standard InChI is InChI=1S/C9H8N4O2/c1-6-4-2-3-5-7(6)13-11-8(9(14)15)10-12-13/h2-5H,1H3,(H,14,15). The van der Waals surface area contributed by atoms with E-state index in [9.17, 15) is 4.79 Å². The molecule has 0 atom stereocenters. The first kappa shape index (κ1) is 9.32. The van der Waals surface area contributed by atoms with Crippen LogP contribution in [-0.4, -0.2) is 31.3 Å². The summed E-state index contributed by atoms with van der Waals surface area (Å²) >= 11 is 0. The van der Waals surface area contributed by atoms with Crippen molar-refractivity contribution in [1.29, 1.82) is 0 Å². The highest BCUT2D eigenvalue weighted by atomic mass is 16.4. The summed E-state index contributed by atoms with van der Waals surface area (Å²) in [6.07, 6.45) is 0. The molecule has 1 aromatic carbocycles. The second kappa shape index (κ2) is 3.49. The van der Waals surface area contributed by atoms with Crippen LogP contribution in [0.15, 0.2) is 24.3 Å². The first-order valence-corrected chi connectivity index (χ1v) is 4.28. The summed E-state index contributed by atoms with van der Waals surface area (Å²) < 4.78 is 0. The first-order chi connectivity index (χ1) is 7.18. The molecule has 0 unspecified atom stereocenters. The molecule has 2 rings (SSSR count). The zero-order valence-electron chi connectivity index (χ0n) is 7.95. The van der Waals surface area contributed by atoms with E-state index in [1.54, 1.807) is 6.07 Å². The number of aryl methyl sites for hydroxylation is 1. The molecule has 0 amide bonds.